The van der Waals surface area contributed by atoms with Crippen LogP contribution in [-0.4, -0.2) is 21.7 Å². The second-order valence-corrected chi connectivity index (χ2v) is 7.56. The van der Waals surface area contributed by atoms with E-state index in [9.17, 15) is 9.59 Å². The molecule has 0 radical (unpaired) electrons. The van der Waals surface area contributed by atoms with Crippen molar-refractivity contribution in [3.8, 4) is 5.88 Å². The van der Waals surface area contributed by atoms with Crippen molar-refractivity contribution >= 4 is 17.6 Å². The van der Waals surface area contributed by atoms with Gasteiger partial charge in [0.25, 0.3) is 5.88 Å². The number of anilines is 1. The van der Waals surface area contributed by atoms with Crippen molar-refractivity contribution in [2.75, 3.05) is 5.32 Å². The van der Waals surface area contributed by atoms with Crippen LogP contribution in [0.2, 0.25) is 0 Å². The number of benzene rings is 2. The lowest BCUT2D eigenvalue weighted by molar-refractivity contribution is -0.120. The molecule has 0 bridgehead atoms. The Morgan fingerprint density at radius 3 is 2.23 bits per heavy atom. The molecule has 1 heterocycles. The van der Waals surface area contributed by atoms with Crippen LogP contribution in [0.1, 0.15) is 42.9 Å². The van der Waals surface area contributed by atoms with E-state index in [0.717, 1.165) is 24.0 Å². The summed E-state index contributed by atoms with van der Waals surface area (Å²) in [5, 5.41) is 7.31. The SMILES string of the molecule is O=C1CCC(n2cc(NC(=O)OCc3ccccc3)c(OCc3ccccc3)n2)CC1. The van der Waals surface area contributed by atoms with Crippen LogP contribution in [0.25, 0.3) is 0 Å². The second kappa shape index (κ2) is 9.93. The molecule has 1 aromatic heterocycles. The molecule has 1 saturated carbocycles. The van der Waals surface area contributed by atoms with Crippen molar-refractivity contribution in [1.82, 2.24) is 9.78 Å². The summed E-state index contributed by atoms with van der Waals surface area (Å²) >= 11 is 0. The zero-order chi connectivity index (χ0) is 21.5. The number of nitrogens with one attached hydrogen (secondary N) is 1. The first-order valence-corrected chi connectivity index (χ1v) is 10.4. The molecule has 31 heavy (non-hydrogen) atoms. The van der Waals surface area contributed by atoms with E-state index in [1.807, 2.05) is 60.7 Å². The minimum absolute atomic E-state index is 0.104. The summed E-state index contributed by atoms with van der Waals surface area (Å²) in [6, 6.07) is 19.3. The third-order valence-corrected chi connectivity index (χ3v) is 5.25. The van der Waals surface area contributed by atoms with Gasteiger partial charge in [-0.2, -0.15) is 0 Å². The van der Waals surface area contributed by atoms with E-state index in [0.29, 0.717) is 31.0 Å². The predicted octanol–water partition coefficient (Wildman–Crippen LogP) is 4.90. The zero-order valence-electron chi connectivity index (χ0n) is 17.2. The highest BCUT2D eigenvalue weighted by atomic mass is 16.5. The van der Waals surface area contributed by atoms with Crippen molar-refractivity contribution in [2.45, 2.75) is 44.9 Å². The van der Waals surface area contributed by atoms with Gasteiger partial charge in [0, 0.05) is 12.8 Å². The summed E-state index contributed by atoms with van der Waals surface area (Å²) in [6.45, 7) is 0.500. The Hall–Kier alpha value is -3.61. The van der Waals surface area contributed by atoms with E-state index < -0.39 is 6.09 Å². The monoisotopic (exact) mass is 419 g/mol. The van der Waals surface area contributed by atoms with E-state index in [1.54, 1.807) is 10.9 Å². The highest BCUT2D eigenvalue weighted by molar-refractivity contribution is 5.86. The highest BCUT2D eigenvalue weighted by Gasteiger charge is 2.23. The molecule has 0 spiro atoms. The maximum absolute atomic E-state index is 12.4. The van der Waals surface area contributed by atoms with Crippen LogP contribution in [0, 0.1) is 0 Å². The van der Waals surface area contributed by atoms with E-state index in [-0.39, 0.29) is 18.4 Å². The molecular weight excluding hydrogens is 394 g/mol. The molecule has 0 atom stereocenters. The number of rotatable bonds is 7. The van der Waals surface area contributed by atoms with Crippen LogP contribution in [0.15, 0.2) is 66.9 Å². The molecule has 0 unspecified atom stereocenters. The lowest BCUT2D eigenvalue weighted by atomic mass is 9.95. The molecule has 0 aliphatic heterocycles. The predicted molar refractivity (Wildman–Crippen MR) is 116 cm³/mol. The maximum Gasteiger partial charge on any atom is 0.412 e. The van der Waals surface area contributed by atoms with Crippen LogP contribution in [-0.2, 0) is 22.7 Å². The van der Waals surface area contributed by atoms with Gasteiger partial charge in [-0.3, -0.25) is 14.8 Å². The Bertz CT molecular complexity index is 1010. The lowest BCUT2D eigenvalue weighted by Crippen LogP contribution is -2.18. The van der Waals surface area contributed by atoms with Crippen LogP contribution in [0.4, 0.5) is 10.5 Å². The first-order valence-electron chi connectivity index (χ1n) is 10.4. The number of ketones is 1. The average molecular weight is 419 g/mol. The fraction of sp³-hybridized carbons (Fsp3) is 0.292. The smallest absolute Gasteiger partial charge is 0.412 e. The topological polar surface area (TPSA) is 82.5 Å². The van der Waals surface area contributed by atoms with Crippen molar-refractivity contribution < 1.29 is 19.1 Å². The minimum Gasteiger partial charge on any atom is -0.470 e. The summed E-state index contributed by atoms with van der Waals surface area (Å²) in [6.07, 6.45) is 3.74. The molecule has 0 saturated heterocycles. The van der Waals surface area contributed by atoms with Gasteiger partial charge in [0.1, 0.15) is 24.7 Å². The van der Waals surface area contributed by atoms with Crippen molar-refractivity contribution in [3.05, 3.63) is 78.0 Å². The number of aromatic nitrogens is 2. The molecule has 160 valence electrons. The van der Waals surface area contributed by atoms with E-state index in [1.165, 1.54) is 0 Å². The Morgan fingerprint density at radius 1 is 0.968 bits per heavy atom. The van der Waals surface area contributed by atoms with E-state index >= 15 is 0 Å². The Kier molecular flexibility index (Phi) is 6.62. The molecule has 4 rings (SSSR count). The van der Waals surface area contributed by atoms with Crippen LogP contribution < -0.4 is 10.1 Å². The first kappa shape index (κ1) is 20.7. The van der Waals surface area contributed by atoms with Gasteiger partial charge in [-0.05, 0) is 24.0 Å². The number of Topliss-reactive ketones (excluding diaryl/α,β-unsaturated/α-hetero) is 1. The molecule has 1 aliphatic rings. The largest absolute Gasteiger partial charge is 0.470 e. The lowest BCUT2D eigenvalue weighted by Gasteiger charge is -2.20. The summed E-state index contributed by atoms with van der Waals surface area (Å²) in [4.78, 5) is 23.9. The number of amides is 1. The second-order valence-electron chi connectivity index (χ2n) is 7.56. The number of ether oxygens (including phenoxy) is 2. The van der Waals surface area contributed by atoms with Crippen molar-refractivity contribution in [2.24, 2.45) is 0 Å². The van der Waals surface area contributed by atoms with Gasteiger partial charge in [0.05, 0.1) is 12.2 Å². The molecular formula is C24H25N3O4. The van der Waals surface area contributed by atoms with Crippen LogP contribution >= 0.6 is 0 Å². The molecule has 1 amide bonds. The quantitative estimate of drug-likeness (QED) is 0.589. The third kappa shape index (κ3) is 5.72. The molecule has 7 nitrogen and oxygen atoms in total. The van der Waals surface area contributed by atoms with Crippen LogP contribution in [0.5, 0.6) is 5.88 Å². The number of carbonyl (C=O) groups excluding carboxylic acids is 2. The molecule has 7 heteroatoms. The normalized spacial score (nSPS) is 14.3. The third-order valence-electron chi connectivity index (χ3n) is 5.25. The van der Waals surface area contributed by atoms with Gasteiger partial charge in [-0.25, -0.2) is 4.79 Å². The Labute approximate surface area is 181 Å². The summed E-state index contributed by atoms with van der Waals surface area (Å²) in [5.41, 5.74) is 2.35. The Balaban J connectivity index is 1.45. The first-order chi connectivity index (χ1) is 15.2. The highest BCUT2D eigenvalue weighted by Crippen LogP contribution is 2.31. The van der Waals surface area contributed by atoms with Gasteiger partial charge >= 0.3 is 6.09 Å². The number of hydrogen-bond donors (Lipinski definition) is 1. The van der Waals surface area contributed by atoms with E-state index in [4.69, 9.17) is 9.47 Å². The van der Waals surface area contributed by atoms with Gasteiger partial charge < -0.3 is 9.47 Å². The molecule has 1 fully saturated rings. The van der Waals surface area contributed by atoms with Crippen LogP contribution in [0.3, 0.4) is 0 Å². The molecule has 1 aliphatic carbocycles. The number of hydrogen-bond acceptors (Lipinski definition) is 5. The molecule has 2 aromatic carbocycles. The van der Waals surface area contributed by atoms with Crippen molar-refractivity contribution in [1.29, 1.82) is 0 Å². The zero-order valence-corrected chi connectivity index (χ0v) is 17.2. The summed E-state index contributed by atoms with van der Waals surface area (Å²) in [5.74, 6) is 0.615. The number of carbonyl (C=O) groups is 2. The summed E-state index contributed by atoms with van der Waals surface area (Å²) in [7, 11) is 0. The van der Waals surface area contributed by atoms with Gasteiger partial charge in [-0.1, -0.05) is 60.7 Å². The maximum atomic E-state index is 12.4. The average Bonchev–Trinajstić information content (AvgIpc) is 3.20. The fourth-order valence-electron chi connectivity index (χ4n) is 3.54. The molecule has 1 N–H and O–H groups in total. The summed E-state index contributed by atoms with van der Waals surface area (Å²) < 4.78 is 13.0. The van der Waals surface area contributed by atoms with Gasteiger partial charge in [-0.15, -0.1) is 5.10 Å². The Morgan fingerprint density at radius 2 is 1.58 bits per heavy atom. The minimum atomic E-state index is -0.577. The van der Waals surface area contributed by atoms with E-state index in [2.05, 4.69) is 10.4 Å². The van der Waals surface area contributed by atoms with Crippen molar-refractivity contribution in [3.63, 3.8) is 0 Å². The number of nitrogens with zero attached hydrogens (tertiary/aromatic N) is 2. The van der Waals surface area contributed by atoms with Gasteiger partial charge in [0.2, 0.25) is 0 Å². The van der Waals surface area contributed by atoms with Gasteiger partial charge in [0.15, 0.2) is 0 Å². The standard InChI is InChI=1S/C24H25N3O4/c28-21-13-11-20(12-14-21)27-15-22(23(26-27)30-16-18-7-3-1-4-8-18)25-24(29)31-17-19-9-5-2-6-10-19/h1-10,15,20H,11-14,16-17H2,(H,25,29). The fourth-order valence-corrected chi connectivity index (χ4v) is 3.54. The molecule has 3 aromatic rings.